The van der Waals surface area contributed by atoms with Crippen molar-refractivity contribution in [3.05, 3.63) is 23.4 Å². The number of amides is 1. The van der Waals surface area contributed by atoms with Crippen LogP contribution in [0.2, 0.25) is 0 Å². The standard InChI is InChI=1S/C15H25N3O/c1-6-8-16-14-10-12(9-13(7-2)17-14)15(19)18(5)11(3)4/h9-11H,6-8H2,1-5H3,(H,16,17). The smallest absolute Gasteiger partial charge is 0.254 e. The number of aryl methyl sites for hydroxylation is 1. The highest BCUT2D eigenvalue weighted by Crippen LogP contribution is 2.14. The van der Waals surface area contributed by atoms with E-state index in [1.54, 1.807) is 4.90 Å². The summed E-state index contributed by atoms with van der Waals surface area (Å²) < 4.78 is 0. The zero-order chi connectivity index (χ0) is 14.4. The van der Waals surface area contributed by atoms with E-state index in [0.717, 1.165) is 30.9 Å². The third-order valence-electron chi connectivity index (χ3n) is 3.14. The van der Waals surface area contributed by atoms with Crippen LogP contribution in [0.3, 0.4) is 0 Å². The first kappa shape index (κ1) is 15.5. The lowest BCUT2D eigenvalue weighted by Gasteiger charge is -2.22. The van der Waals surface area contributed by atoms with Gasteiger partial charge in [0.2, 0.25) is 0 Å². The quantitative estimate of drug-likeness (QED) is 0.858. The van der Waals surface area contributed by atoms with Gasteiger partial charge in [-0.05, 0) is 38.8 Å². The van der Waals surface area contributed by atoms with E-state index in [9.17, 15) is 4.79 Å². The summed E-state index contributed by atoms with van der Waals surface area (Å²) in [5.41, 5.74) is 1.66. The summed E-state index contributed by atoms with van der Waals surface area (Å²) in [6.07, 6.45) is 1.86. The van der Waals surface area contributed by atoms with Crippen LogP contribution in [-0.2, 0) is 6.42 Å². The summed E-state index contributed by atoms with van der Waals surface area (Å²) >= 11 is 0. The zero-order valence-electron chi connectivity index (χ0n) is 12.7. The molecule has 0 unspecified atom stereocenters. The third kappa shape index (κ3) is 4.23. The van der Waals surface area contributed by atoms with E-state index in [-0.39, 0.29) is 11.9 Å². The van der Waals surface area contributed by atoms with E-state index in [2.05, 4.69) is 17.2 Å². The van der Waals surface area contributed by atoms with Crippen LogP contribution in [-0.4, -0.2) is 35.4 Å². The molecule has 0 atom stereocenters. The fourth-order valence-electron chi connectivity index (χ4n) is 1.67. The molecule has 4 heteroatoms. The predicted octanol–water partition coefficient (Wildman–Crippen LogP) is 2.95. The minimum Gasteiger partial charge on any atom is -0.370 e. The van der Waals surface area contributed by atoms with Crippen molar-refractivity contribution >= 4 is 11.7 Å². The van der Waals surface area contributed by atoms with Crippen molar-refractivity contribution in [1.29, 1.82) is 0 Å². The number of nitrogens with zero attached hydrogens (tertiary/aromatic N) is 2. The van der Waals surface area contributed by atoms with Gasteiger partial charge in [-0.1, -0.05) is 13.8 Å². The molecule has 0 aliphatic carbocycles. The maximum absolute atomic E-state index is 12.4. The first-order valence-electron chi connectivity index (χ1n) is 7.01. The van der Waals surface area contributed by atoms with Gasteiger partial charge in [-0.25, -0.2) is 4.98 Å². The van der Waals surface area contributed by atoms with Gasteiger partial charge >= 0.3 is 0 Å². The van der Waals surface area contributed by atoms with Crippen LogP contribution in [0.5, 0.6) is 0 Å². The Balaban J connectivity index is 3.02. The Morgan fingerprint density at radius 3 is 2.58 bits per heavy atom. The molecule has 0 spiro atoms. The van der Waals surface area contributed by atoms with Crippen molar-refractivity contribution in [2.45, 2.75) is 46.6 Å². The van der Waals surface area contributed by atoms with E-state index >= 15 is 0 Å². The topological polar surface area (TPSA) is 45.2 Å². The van der Waals surface area contributed by atoms with E-state index in [0.29, 0.717) is 5.56 Å². The highest BCUT2D eigenvalue weighted by atomic mass is 16.2. The van der Waals surface area contributed by atoms with Gasteiger partial charge in [0.15, 0.2) is 0 Å². The Labute approximate surface area is 116 Å². The molecule has 0 radical (unpaired) electrons. The number of aromatic nitrogens is 1. The highest BCUT2D eigenvalue weighted by Gasteiger charge is 2.16. The van der Waals surface area contributed by atoms with Crippen molar-refractivity contribution in [2.24, 2.45) is 0 Å². The Morgan fingerprint density at radius 2 is 2.05 bits per heavy atom. The molecule has 1 rings (SSSR count). The molecule has 1 amide bonds. The predicted molar refractivity (Wildman–Crippen MR) is 79.6 cm³/mol. The molecular formula is C15H25N3O. The van der Waals surface area contributed by atoms with Gasteiger partial charge in [0.1, 0.15) is 5.82 Å². The lowest BCUT2D eigenvalue weighted by molar-refractivity contribution is 0.0754. The molecule has 0 aliphatic heterocycles. The summed E-state index contributed by atoms with van der Waals surface area (Å²) in [5, 5.41) is 3.25. The van der Waals surface area contributed by atoms with Gasteiger partial charge in [0, 0.05) is 30.9 Å². The minimum absolute atomic E-state index is 0.0478. The van der Waals surface area contributed by atoms with Gasteiger partial charge < -0.3 is 10.2 Å². The maximum Gasteiger partial charge on any atom is 0.254 e. The van der Waals surface area contributed by atoms with Crippen molar-refractivity contribution in [2.75, 3.05) is 18.9 Å². The molecule has 0 saturated carbocycles. The van der Waals surface area contributed by atoms with Gasteiger partial charge in [0.25, 0.3) is 5.91 Å². The minimum atomic E-state index is 0.0478. The molecule has 1 aromatic rings. The van der Waals surface area contributed by atoms with Crippen molar-refractivity contribution in [3.63, 3.8) is 0 Å². The van der Waals surface area contributed by atoms with E-state index in [1.807, 2.05) is 40.0 Å². The average molecular weight is 263 g/mol. The normalized spacial score (nSPS) is 10.6. The van der Waals surface area contributed by atoms with Crippen LogP contribution < -0.4 is 5.32 Å². The van der Waals surface area contributed by atoms with Gasteiger partial charge in [0.05, 0.1) is 0 Å². The Morgan fingerprint density at radius 1 is 1.37 bits per heavy atom. The van der Waals surface area contributed by atoms with Crippen LogP contribution in [0.15, 0.2) is 12.1 Å². The van der Waals surface area contributed by atoms with E-state index in [4.69, 9.17) is 0 Å². The second-order valence-corrected chi connectivity index (χ2v) is 5.02. The lowest BCUT2D eigenvalue weighted by Crippen LogP contribution is -2.33. The summed E-state index contributed by atoms with van der Waals surface area (Å²) in [6.45, 7) is 9.04. The first-order valence-corrected chi connectivity index (χ1v) is 7.01. The number of nitrogens with one attached hydrogen (secondary N) is 1. The average Bonchev–Trinajstić information content (AvgIpc) is 2.42. The number of hydrogen-bond acceptors (Lipinski definition) is 3. The van der Waals surface area contributed by atoms with Crippen LogP contribution in [0.4, 0.5) is 5.82 Å². The van der Waals surface area contributed by atoms with Crippen molar-refractivity contribution in [3.8, 4) is 0 Å². The highest BCUT2D eigenvalue weighted by molar-refractivity contribution is 5.95. The Hall–Kier alpha value is -1.58. The fraction of sp³-hybridized carbons (Fsp3) is 0.600. The van der Waals surface area contributed by atoms with Gasteiger partial charge in [-0.15, -0.1) is 0 Å². The molecular weight excluding hydrogens is 238 g/mol. The molecule has 0 aromatic carbocycles. The van der Waals surface area contributed by atoms with Crippen LogP contribution in [0, 0.1) is 0 Å². The maximum atomic E-state index is 12.4. The molecule has 4 nitrogen and oxygen atoms in total. The Kier molecular flexibility index (Phi) is 5.80. The second kappa shape index (κ2) is 7.12. The number of anilines is 1. The van der Waals surface area contributed by atoms with E-state index in [1.165, 1.54) is 0 Å². The molecule has 1 N–H and O–H groups in total. The summed E-state index contributed by atoms with van der Waals surface area (Å²) in [5.74, 6) is 0.841. The number of rotatable bonds is 6. The molecule has 0 fully saturated rings. The number of pyridine rings is 1. The second-order valence-electron chi connectivity index (χ2n) is 5.02. The molecule has 0 saturated heterocycles. The van der Waals surface area contributed by atoms with Crippen LogP contribution in [0.1, 0.15) is 50.2 Å². The van der Waals surface area contributed by atoms with Crippen molar-refractivity contribution < 1.29 is 4.79 Å². The summed E-state index contributed by atoms with van der Waals surface area (Å²) in [6, 6.07) is 3.92. The molecule has 0 bridgehead atoms. The summed E-state index contributed by atoms with van der Waals surface area (Å²) in [4.78, 5) is 18.6. The van der Waals surface area contributed by atoms with Gasteiger partial charge in [-0.2, -0.15) is 0 Å². The molecule has 1 aromatic heterocycles. The Bertz CT molecular complexity index is 429. The lowest BCUT2D eigenvalue weighted by atomic mass is 10.1. The molecule has 0 aliphatic rings. The first-order chi connectivity index (χ1) is 8.99. The fourth-order valence-corrected chi connectivity index (χ4v) is 1.67. The van der Waals surface area contributed by atoms with Crippen LogP contribution >= 0.6 is 0 Å². The molecule has 106 valence electrons. The monoisotopic (exact) mass is 263 g/mol. The zero-order valence-corrected chi connectivity index (χ0v) is 12.7. The third-order valence-corrected chi connectivity index (χ3v) is 3.14. The van der Waals surface area contributed by atoms with Crippen molar-refractivity contribution in [1.82, 2.24) is 9.88 Å². The largest absolute Gasteiger partial charge is 0.370 e. The number of carbonyl (C=O) groups is 1. The number of hydrogen-bond donors (Lipinski definition) is 1. The van der Waals surface area contributed by atoms with E-state index < -0.39 is 0 Å². The molecule has 19 heavy (non-hydrogen) atoms. The SMILES string of the molecule is CCCNc1cc(C(=O)N(C)C(C)C)cc(CC)n1. The van der Waals surface area contributed by atoms with Crippen LogP contribution in [0.25, 0.3) is 0 Å². The summed E-state index contributed by atoms with van der Waals surface area (Å²) in [7, 11) is 1.83. The molecule has 1 heterocycles. The van der Waals surface area contributed by atoms with Gasteiger partial charge in [-0.3, -0.25) is 4.79 Å². The number of carbonyl (C=O) groups excluding carboxylic acids is 1.